The standard InChI is InChI=1S/C15H22N2/c1-2-3-4-8-11-16-12-13-17(14-16)15-9-6-5-7-10-15/h5-7,9-10,12-13H,2-4,8,11,14H2,1H3. The summed E-state index contributed by atoms with van der Waals surface area (Å²) in [4.78, 5) is 4.68. The summed E-state index contributed by atoms with van der Waals surface area (Å²) in [5.41, 5.74) is 1.28. The highest BCUT2D eigenvalue weighted by Crippen LogP contribution is 2.18. The molecular formula is C15H22N2. The highest BCUT2D eigenvalue weighted by molar-refractivity contribution is 5.49. The number of hydrogen-bond donors (Lipinski definition) is 0. The molecule has 1 aromatic carbocycles. The maximum atomic E-state index is 2.39. The monoisotopic (exact) mass is 230 g/mol. The van der Waals surface area contributed by atoms with Crippen molar-refractivity contribution in [1.82, 2.24) is 4.90 Å². The molecule has 0 spiro atoms. The number of hydrogen-bond acceptors (Lipinski definition) is 2. The normalized spacial score (nSPS) is 14.6. The summed E-state index contributed by atoms with van der Waals surface area (Å²) in [5.74, 6) is 0. The van der Waals surface area contributed by atoms with Crippen molar-refractivity contribution < 1.29 is 0 Å². The Morgan fingerprint density at radius 3 is 2.59 bits per heavy atom. The van der Waals surface area contributed by atoms with Gasteiger partial charge in [-0.1, -0.05) is 44.4 Å². The smallest absolute Gasteiger partial charge is 0.0941 e. The van der Waals surface area contributed by atoms with E-state index < -0.39 is 0 Å². The van der Waals surface area contributed by atoms with Gasteiger partial charge in [0.2, 0.25) is 0 Å². The van der Waals surface area contributed by atoms with Crippen LogP contribution in [0.4, 0.5) is 5.69 Å². The van der Waals surface area contributed by atoms with Crippen molar-refractivity contribution in [3.05, 3.63) is 42.7 Å². The van der Waals surface area contributed by atoms with Crippen molar-refractivity contribution >= 4 is 5.69 Å². The second-order valence-electron chi connectivity index (χ2n) is 4.62. The molecule has 0 bridgehead atoms. The Balaban J connectivity index is 1.75. The van der Waals surface area contributed by atoms with Crippen molar-refractivity contribution in [2.45, 2.75) is 32.6 Å². The lowest BCUT2D eigenvalue weighted by Crippen LogP contribution is -2.25. The third-order valence-electron chi connectivity index (χ3n) is 3.18. The number of para-hydroxylation sites is 1. The van der Waals surface area contributed by atoms with Crippen LogP contribution in [0.15, 0.2) is 42.7 Å². The Kier molecular flexibility index (Phi) is 4.48. The summed E-state index contributed by atoms with van der Waals surface area (Å²) in [5, 5.41) is 0. The lowest BCUT2D eigenvalue weighted by Gasteiger charge is -2.21. The van der Waals surface area contributed by atoms with E-state index in [2.05, 4.69) is 59.5 Å². The fourth-order valence-corrected chi connectivity index (χ4v) is 2.14. The van der Waals surface area contributed by atoms with Crippen LogP contribution in [-0.4, -0.2) is 18.1 Å². The van der Waals surface area contributed by atoms with Gasteiger partial charge in [0.05, 0.1) is 6.67 Å². The van der Waals surface area contributed by atoms with E-state index in [9.17, 15) is 0 Å². The minimum absolute atomic E-state index is 0.996. The molecule has 0 atom stereocenters. The minimum Gasteiger partial charge on any atom is -0.358 e. The van der Waals surface area contributed by atoms with Gasteiger partial charge in [-0.2, -0.15) is 0 Å². The van der Waals surface area contributed by atoms with Crippen LogP contribution < -0.4 is 4.90 Å². The molecule has 92 valence electrons. The average Bonchev–Trinajstić information content (AvgIpc) is 2.85. The average molecular weight is 230 g/mol. The Morgan fingerprint density at radius 2 is 1.82 bits per heavy atom. The minimum atomic E-state index is 0.996. The zero-order chi connectivity index (χ0) is 11.9. The van der Waals surface area contributed by atoms with E-state index in [1.165, 1.54) is 37.9 Å². The van der Waals surface area contributed by atoms with Gasteiger partial charge in [0.15, 0.2) is 0 Å². The molecule has 0 N–H and O–H groups in total. The quantitative estimate of drug-likeness (QED) is 0.685. The third kappa shape index (κ3) is 3.52. The third-order valence-corrected chi connectivity index (χ3v) is 3.18. The predicted octanol–water partition coefficient (Wildman–Crippen LogP) is 3.82. The summed E-state index contributed by atoms with van der Waals surface area (Å²) >= 11 is 0. The SMILES string of the molecule is CCCCCCN1C=CN(c2ccccc2)C1. The summed E-state index contributed by atoms with van der Waals surface area (Å²) < 4.78 is 0. The number of rotatable bonds is 6. The summed E-state index contributed by atoms with van der Waals surface area (Å²) in [6, 6.07) is 10.6. The Bertz CT molecular complexity index is 345. The van der Waals surface area contributed by atoms with Gasteiger partial charge in [-0.3, -0.25) is 0 Å². The van der Waals surface area contributed by atoms with E-state index in [-0.39, 0.29) is 0 Å². The molecule has 0 unspecified atom stereocenters. The maximum absolute atomic E-state index is 2.39. The van der Waals surface area contributed by atoms with Gasteiger partial charge in [0.25, 0.3) is 0 Å². The zero-order valence-corrected chi connectivity index (χ0v) is 10.7. The number of nitrogens with zero attached hydrogens (tertiary/aromatic N) is 2. The molecule has 0 saturated heterocycles. The first-order chi connectivity index (χ1) is 8.40. The van der Waals surface area contributed by atoms with E-state index in [4.69, 9.17) is 0 Å². The van der Waals surface area contributed by atoms with Crippen molar-refractivity contribution in [2.75, 3.05) is 18.1 Å². The molecule has 0 saturated carbocycles. The molecule has 1 aromatic rings. The molecule has 1 aliphatic heterocycles. The molecule has 1 aliphatic rings. The van der Waals surface area contributed by atoms with Crippen LogP contribution in [-0.2, 0) is 0 Å². The van der Waals surface area contributed by atoms with Gasteiger partial charge in [-0.25, -0.2) is 0 Å². The molecule has 0 fully saturated rings. The Morgan fingerprint density at radius 1 is 1.00 bits per heavy atom. The number of unbranched alkanes of at least 4 members (excludes halogenated alkanes) is 3. The van der Waals surface area contributed by atoms with Gasteiger partial charge in [-0.15, -0.1) is 0 Å². The van der Waals surface area contributed by atoms with Crippen molar-refractivity contribution in [1.29, 1.82) is 0 Å². The van der Waals surface area contributed by atoms with Crippen LogP contribution in [0.2, 0.25) is 0 Å². The highest BCUT2D eigenvalue weighted by atomic mass is 15.3. The predicted molar refractivity (Wildman–Crippen MR) is 73.8 cm³/mol. The summed E-state index contributed by atoms with van der Waals surface area (Å²) in [7, 11) is 0. The molecule has 0 aromatic heterocycles. The van der Waals surface area contributed by atoms with Gasteiger partial charge in [0.1, 0.15) is 0 Å². The fourth-order valence-electron chi connectivity index (χ4n) is 2.14. The second-order valence-corrected chi connectivity index (χ2v) is 4.62. The Labute approximate surface area is 105 Å². The van der Waals surface area contributed by atoms with Gasteiger partial charge >= 0.3 is 0 Å². The highest BCUT2D eigenvalue weighted by Gasteiger charge is 2.12. The van der Waals surface area contributed by atoms with Crippen molar-refractivity contribution in [2.24, 2.45) is 0 Å². The fraction of sp³-hybridized carbons (Fsp3) is 0.467. The van der Waals surface area contributed by atoms with Crippen molar-refractivity contribution in [3.63, 3.8) is 0 Å². The van der Waals surface area contributed by atoms with E-state index >= 15 is 0 Å². The van der Waals surface area contributed by atoms with Gasteiger partial charge < -0.3 is 9.80 Å². The van der Waals surface area contributed by atoms with Crippen LogP contribution in [0.5, 0.6) is 0 Å². The molecule has 0 amide bonds. The molecule has 2 heteroatoms. The Hall–Kier alpha value is -1.44. The lowest BCUT2D eigenvalue weighted by molar-refractivity contribution is 0.390. The molecular weight excluding hydrogens is 208 g/mol. The van der Waals surface area contributed by atoms with Crippen molar-refractivity contribution in [3.8, 4) is 0 Å². The van der Waals surface area contributed by atoms with E-state index in [1.54, 1.807) is 0 Å². The van der Waals surface area contributed by atoms with Crippen LogP contribution in [0.25, 0.3) is 0 Å². The number of benzene rings is 1. The molecule has 0 aliphatic carbocycles. The molecule has 2 rings (SSSR count). The largest absolute Gasteiger partial charge is 0.358 e. The first-order valence-electron chi connectivity index (χ1n) is 6.64. The number of anilines is 1. The van der Waals surface area contributed by atoms with Crippen LogP contribution >= 0.6 is 0 Å². The molecule has 2 nitrogen and oxygen atoms in total. The van der Waals surface area contributed by atoms with Crippen LogP contribution in [0, 0.1) is 0 Å². The molecule has 0 radical (unpaired) electrons. The first kappa shape index (κ1) is 12.0. The summed E-state index contributed by atoms with van der Waals surface area (Å²) in [6.07, 6.45) is 9.72. The molecule has 17 heavy (non-hydrogen) atoms. The van der Waals surface area contributed by atoms with E-state index in [0.717, 1.165) is 6.67 Å². The van der Waals surface area contributed by atoms with Gasteiger partial charge in [-0.05, 0) is 18.6 Å². The molecule has 1 heterocycles. The summed E-state index contributed by atoms with van der Waals surface area (Å²) in [6.45, 7) is 4.43. The topological polar surface area (TPSA) is 6.48 Å². The van der Waals surface area contributed by atoms with E-state index in [0.29, 0.717) is 0 Å². The lowest BCUT2D eigenvalue weighted by atomic mass is 10.2. The first-order valence-corrected chi connectivity index (χ1v) is 6.64. The second kappa shape index (κ2) is 6.33. The maximum Gasteiger partial charge on any atom is 0.0941 e. The van der Waals surface area contributed by atoms with E-state index in [1.807, 2.05) is 0 Å². The van der Waals surface area contributed by atoms with Crippen LogP contribution in [0.3, 0.4) is 0 Å². The zero-order valence-electron chi connectivity index (χ0n) is 10.7. The van der Waals surface area contributed by atoms with Gasteiger partial charge in [0, 0.05) is 24.6 Å². The van der Waals surface area contributed by atoms with Crippen LogP contribution in [0.1, 0.15) is 32.6 Å².